The number of ether oxygens (including phenoxy) is 3. The Kier molecular flexibility index (Phi) is 8.94. The van der Waals surface area contributed by atoms with E-state index in [1.165, 1.54) is 43.7 Å². The molecule has 1 saturated heterocycles. The predicted molar refractivity (Wildman–Crippen MR) is 135 cm³/mol. The van der Waals surface area contributed by atoms with E-state index in [9.17, 15) is 19.2 Å². The Balaban J connectivity index is 1.70. The number of thioether (sulfide) groups is 1. The van der Waals surface area contributed by atoms with Gasteiger partial charge in [-0.15, -0.1) is 23.1 Å². The third kappa shape index (κ3) is 5.94. The highest BCUT2D eigenvalue weighted by molar-refractivity contribution is 8.00. The molecule has 13 nitrogen and oxygen atoms in total. The van der Waals surface area contributed by atoms with Gasteiger partial charge in [-0.3, -0.25) is 14.5 Å². The minimum Gasteiger partial charge on any atom is -0.426 e. The summed E-state index contributed by atoms with van der Waals surface area (Å²) in [6, 6.07) is -0.949. The van der Waals surface area contributed by atoms with E-state index in [2.05, 4.69) is 22.0 Å². The minimum atomic E-state index is -1.22. The summed E-state index contributed by atoms with van der Waals surface area (Å²) in [7, 11) is 1.34. The van der Waals surface area contributed by atoms with E-state index >= 15 is 0 Å². The van der Waals surface area contributed by atoms with Crippen LogP contribution in [0.15, 0.2) is 34.5 Å². The fourth-order valence-corrected chi connectivity index (χ4v) is 5.08. The SMILES string of the molecule is C=CC1=C(C(=O)OCOC(=O)C(C)(C)OC)N2C(=O)C(NC(=O)C(=NOCC)c3csc(N)n3)[C@H]2SC1. The Morgan fingerprint density at radius 1 is 1.38 bits per heavy atom. The molecule has 200 valence electrons. The molecule has 2 aliphatic heterocycles. The molecule has 15 heteroatoms. The van der Waals surface area contributed by atoms with Gasteiger partial charge in [0.15, 0.2) is 16.4 Å². The number of carbonyl (C=O) groups is 4. The molecule has 0 aliphatic carbocycles. The first kappa shape index (κ1) is 28.1. The van der Waals surface area contributed by atoms with Crippen molar-refractivity contribution >= 4 is 57.7 Å². The van der Waals surface area contributed by atoms with Crippen molar-refractivity contribution in [2.24, 2.45) is 5.16 Å². The number of methoxy groups -OCH3 is 1. The van der Waals surface area contributed by atoms with E-state index in [4.69, 9.17) is 24.8 Å². The fraction of sp³-hybridized carbons (Fsp3) is 0.455. The number of esters is 2. The quantitative estimate of drug-likeness (QED) is 0.130. The standard InChI is InChI=1S/C22H27N5O8S2/c1-6-11-8-36-18-14(25-16(28)13(26-35-7-2)12-9-37-21(23)24-12)17(29)27(18)15(11)19(30)33-10-34-20(31)22(3,4)32-5/h6,9,14,18H,1,7-8,10H2,2-5H3,(H2,23,24)(H,25,28)/t14?,18-/m1/s1. The number of hydrogen-bond acceptors (Lipinski definition) is 13. The molecule has 1 unspecified atom stereocenters. The summed E-state index contributed by atoms with van der Waals surface area (Å²) in [5.41, 5.74) is 4.94. The number of anilines is 1. The first-order chi connectivity index (χ1) is 17.5. The van der Waals surface area contributed by atoms with Crippen LogP contribution in [0.2, 0.25) is 0 Å². The number of nitrogens with one attached hydrogen (secondary N) is 1. The molecule has 3 N–H and O–H groups in total. The molecule has 2 aliphatic rings. The largest absolute Gasteiger partial charge is 0.426 e. The van der Waals surface area contributed by atoms with Crippen LogP contribution < -0.4 is 11.1 Å². The number of oxime groups is 1. The van der Waals surface area contributed by atoms with Crippen LogP contribution in [0.25, 0.3) is 0 Å². The molecule has 0 bridgehead atoms. The lowest BCUT2D eigenvalue weighted by Gasteiger charge is -2.49. The highest BCUT2D eigenvalue weighted by atomic mass is 32.2. The van der Waals surface area contributed by atoms with Crippen LogP contribution in [0, 0.1) is 0 Å². The molecule has 2 atom stereocenters. The summed E-state index contributed by atoms with van der Waals surface area (Å²) in [5, 5.41) is 7.65. The number of aromatic nitrogens is 1. The van der Waals surface area contributed by atoms with Gasteiger partial charge in [-0.2, -0.15) is 0 Å². The van der Waals surface area contributed by atoms with Gasteiger partial charge in [-0.1, -0.05) is 17.8 Å². The van der Waals surface area contributed by atoms with Crippen LogP contribution in [0.4, 0.5) is 5.13 Å². The summed E-state index contributed by atoms with van der Waals surface area (Å²) in [6.07, 6.45) is 1.44. The maximum absolute atomic E-state index is 13.1. The van der Waals surface area contributed by atoms with Crippen molar-refractivity contribution in [1.29, 1.82) is 0 Å². The molecule has 1 aromatic heterocycles. The molecule has 0 radical (unpaired) electrons. The second-order valence-corrected chi connectivity index (χ2v) is 10.1. The van der Waals surface area contributed by atoms with E-state index in [1.807, 2.05) is 0 Å². The summed E-state index contributed by atoms with van der Waals surface area (Å²) in [6.45, 7) is 7.93. The number of β-lactam (4-membered cyclic amide) rings is 1. The molecular formula is C22H27N5O8S2. The van der Waals surface area contributed by atoms with Gasteiger partial charge in [0.05, 0.1) is 0 Å². The van der Waals surface area contributed by atoms with Gasteiger partial charge in [0.2, 0.25) is 6.79 Å². The van der Waals surface area contributed by atoms with Crippen LogP contribution in [-0.2, 0) is 38.2 Å². The predicted octanol–water partition coefficient (Wildman–Crippen LogP) is 0.775. The second-order valence-electron chi connectivity index (χ2n) is 8.06. The zero-order valence-electron chi connectivity index (χ0n) is 20.6. The summed E-state index contributed by atoms with van der Waals surface area (Å²) >= 11 is 2.46. The van der Waals surface area contributed by atoms with Crippen molar-refractivity contribution in [3.63, 3.8) is 0 Å². The lowest BCUT2D eigenvalue weighted by atomic mass is 10.0. The molecule has 0 aromatic carbocycles. The number of hydrogen-bond donors (Lipinski definition) is 2. The lowest BCUT2D eigenvalue weighted by molar-refractivity contribution is -0.181. The Hall–Kier alpha value is -3.43. The Morgan fingerprint density at radius 3 is 2.70 bits per heavy atom. The maximum Gasteiger partial charge on any atom is 0.358 e. The maximum atomic E-state index is 13.1. The van der Waals surface area contributed by atoms with E-state index in [-0.39, 0.29) is 28.8 Å². The monoisotopic (exact) mass is 553 g/mol. The highest BCUT2D eigenvalue weighted by Gasteiger charge is 2.54. The number of rotatable bonds is 11. The Bertz CT molecular complexity index is 1160. The van der Waals surface area contributed by atoms with Gasteiger partial charge in [0, 0.05) is 18.2 Å². The molecule has 2 amide bonds. The third-order valence-electron chi connectivity index (χ3n) is 5.37. The second kappa shape index (κ2) is 11.7. The smallest absolute Gasteiger partial charge is 0.358 e. The normalized spacial score (nSPS) is 19.5. The van der Waals surface area contributed by atoms with Crippen molar-refractivity contribution in [3.05, 3.63) is 35.0 Å². The molecule has 3 rings (SSSR count). The van der Waals surface area contributed by atoms with Gasteiger partial charge in [0.25, 0.3) is 11.8 Å². The average molecular weight is 554 g/mol. The molecule has 37 heavy (non-hydrogen) atoms. The van der Waals surface area contributed by atoms with E-state index in [0.717, 1.165) is 11.3 Å². The Labute approximate surface area is 221 Å². The van der Waals surface area contributed by atoms with Gasteiger partial charge in [-0.25, -0.2) is 14.6 Å². The number of amides is 2. The van der Waals surface area contributed by atoms with E-state index in [1.54, 1.807) is 12.3 Å². The molecule has 1 aromatic rings. The molecule has 3 heterocycles. The number of nitrogens with two attached hydrogens (primary N) is 1. The van der Waals surface area contributed by atoms with Gasteiger partial charge < -0.3 is 30.1 Å². The van der Waals surface area contributed by atoms with E-state index < -0.39 is 47.6 Å². The van der Waals surface area contributed by atoms with Crippen LogP contribution in [0.5, 0.6) is 0 Å². The van der Waals surface area contributed by atoms with Gasteiger partial charge in [-0.05, 0) is 26.3 Å². The van der Waals surface area contributed by atoms with Crippen LogP contribution >= 0.6 is 23.1 Å². The molecule has 0 saturated carbocycles. The van der Waals surface area contributed by atoms with Crippen molar-refractivity contribution in [1.82, 2.24) is 15.2 Å². The van der Waals surface area contributed by atoms with Crippen molar-refractivity contribution < 1.29 is 38.2 Å². The first-order valence-electron chi connectivity index (χ1n) is 11.0. The van der Waals surface area contributed by atoms with E-state index in [0.29, 0.717) is 11.3 Å². The first-order valence-corrected chi connectivity index (χ1v) is 12.9. The van der Waals surface area contributed by atoms with Crippen molar-refractivity contribution in [3.8, 4) is 0 Å². The minimum absolute atomic E-state index is 0.0354. The number of fused-ring (bicyclic) bond motifs is 1. The topological polar surface area (TPSA) is 172 Å². The number of nitrogens with zero attached hydrogens (tertiary/aromatic N) is 3. The number of nitrogen functional groups attached to an aromatic ring is 1. The fourth-order valence-electron chi connectivity index (χ4n) is 3.19. The Morgan fingerprint density at radius 2 is 2.11 bits per heavy atom. The van der Waals surface area contributed by atoms with Gasteiger partial charge >= 0.3 is 11.9 Å². The van der Waals surface area contributed by atoms with Crippen LogP contribution in [-0.4, -0.2) is 82.6 Å². The number of carbonyl (C=O) groups excluding carboxylic acids is 4. The molecule has 0 spiro atoms. The van der Waals surface area contributed by atoms with Crippen molar-refractivity contribution in [2.75, 3.05) is 32.0 Å². The summed E-state index contributed by atoms with van der Waals surface area (Å²) in [4.78, 5) is 61.2. The lowest BCUT2D eigenvalue weighted by Crippen LogP contribution is -2.71. The average Bonchev–Trinajstić information content (AvgIpc) is 3.31. The zero-order valence-corrected chi connectivity index (χ0v) is 22.3. The van der Waals surface area contributed by atoms with Crippen molar-refractivity contribution in [2.45, 2.75) is 37.8 Å². The number of allylic oxidation sites excluding steroid dienone is 1. The zero-order chi connectivity index (χ0) is 27.3. The molecule has 1 fully saturated rings. The number of thiazole rings is 1. The highest BCUT2D eigenvalue weighted by Crippen LogP contribution is 2.41. The summed E-state index contributed by atoms with van der Waals surface area (Å²) in [5.74, 6) is -2.51. The third-order valence-corrected chi connectivity index (χ3v) is 7.35. The summed E-state index contributed by atoms with van der Waals surface area (Å²) < 4.78 is 15.1. The van der Waals surface area contributed by atoms with Crippen LogP contribution in [0.3, 0.4) is 0 Å². The van der Waals surface area contributed by atoms with Gasteiger partial charge in [0.1, 0.15) is 29.4 Å². The molecular weight excluding hydrogens is 526 g/mol. The van der Waals surface area contributed by atoms with Crippen LogP contribution in [0.1, 0.15) is 26.5 Å².